The Bertz CT molecular complexity index is 906. The predicted molar refractivity (Wildman–Crippen MR) is 107 cm³/mol. The van der Waals surface area contributed by atoms with Gasteiger partial charge in [0.25, 0.3) is 0 Å². The number of hydrogen-bond acceptors (Lipinski definition) is 5. The fourth-order valence-electron chi connectivity index (χ4n) is 2.80. The Balaban J connectivity index is 1.50. The summed E-state index contributed by atoms with van der Waals surface area (Å²) in [6.07, 6.45) is 2.36. The molecule has 0 spiro atoms. The summed E-state index contributed by atoms with van der Waals surface area (Å²) in [5, 5.41) is 3.93. The monoisotopic (exact) mass is 401 g/mol. The van der Waals surface area contributed by atoms with Crippen LogP contribution in [0.5, 0.6) is 0 Å². The van der Waals surface area contributed by atoms with Gasteiger partial charge in [-0.25, -0.2) is 13.8 Å². The number of benzene rings is 2. The number of hydrazone groups is 1. The molecular weight excluding hydrogens is 378 g/mol. The van der Waals surface area contributed by atoms with E-state index in [0.29, 0.717) is 32.7 Å². The van der Waals surface area contributed by atoms with Crippen molar-refractivity contribution in [2.45, 2.75) is 17.7 Å². The van der Waals surface area contributed by atoms with Crippen molar-refractivity contribution in [3.05, 3.63) is 65.7 Å². The van der Waals surface area contributed by atoms with Crippen LogP contribution in [-0.2, 0) is 26.0 Å². The smallest absolute Gasteiger partial charge is 0.243 e. The third-order valence-corrected chi connectivity index (χ3v) is 6.29. The van der Waals surface area contributed by atoms with Gasteiger partial charge in [0.1, 0.15) is 0 Å². The number of nitrogens with zero attached hydrogens (tertiary/aromatic N) is 2. The number of morpholine rings is 1. The number of nitrogens with one attached hydrogen (secondary N) is 1. The number of amides is 1. The first-order valence-corrected chi connectivity index (χ1v) is 10.5. The van der Waals surface area contributed by atoms with Crippen LogP contribution in [0, 0.1) is 0 Å². The molecule has 1 aliphatic heterocycles. The van der Waals surface area contributed by atoms with Crippen molar-refractivity contribution >= 4 is 22.1 Å². The Morgan fingerprint density at radius 1 is 1.07 bits per heavy atom. The number of hydrogen-bond donors (Lipinski definition) is 1. The number of carbonyl (C=O) groups is 1. The molecule has 0 saturated carbocycles. The molecule has 8 heteroatoms. The highest BCUT2D eigenvalue weighted by atomic mass is 32.2. The van der Waals surface area contributed by atoms with Crippen molar-refractivity contribution in [3.63, 3.8) is 0 Å². The van der Waals surface area contributed by atoms with Gasteiger partial charge in [-0.3, -0.25) is 4.79 Å². The molecule has 1 aliphatic rings. The fourth-order valence-corrected chi connectivity index (χ4v) is 4.20. The van der Waals surface area contributed by atoms with E-state index in [4.69, 9.17) is 4.74 Å². The molecule has 28 heavy (non-hydrogen) atoms. The van der Waals surface area contributed by atoms with Crippen LogP contribution in [0.3, 0.4) is 0 Å². The SMILES string of the molecule is O=C(CCc1ccc(S(=O)(=O)N2CCOCC2)cc1)N/N=C/c1ccccc1. The van der Waals surface area contributed by atoms with E-state index in [1.807, 2.05) is 30.3 Å². The van der Waals surface area contributed by atoms with Crippen molar-refractivity contribution in [3.8, 4) is 0 Å². The molecule has 0 aromatic heterocycles. The molecule has 2 aromatic carbocycles. The summed E-state index contributed by atoms with van der Waals surface area (Å²) in [7, 11) is -3.49. The lowest BCUT2D eigenvalue weighted by atomic mass is 10.1. The van der Waals surface area contributed by atoms with Crippen LogP contribution in [0.15, 0.2) is 64.6 Å². The highest BCUT2D eigenvalue weighted by Gasteiger charge is 2.26. The first-order chi connectivity index (χ1) is 13.6. The van der Waals surface area contributed by atoms with Crippen LogP contribution < -0.4 is 5.43 Å². The summed E-state index contributed by atoms with van der Waals surface area (Å²) >= 11 is 0. The Hall–Kier alpha value is -2.55. The van der Waals surface area contributed by atoms with Crippen LogP contribution in [-0.4, -0.2) is 51.1 Å². The molecule has 0 atom stereocenters. The zero-order valence-electron chi connectivity index (χ0n) is 15.5. The lowest BCUT2D eigenvalue weighted by Gasteiger charge is -2.26. The van der Waals surface area contributed by atoms with Gasteiger partial charge in [-0.2, -0.15) is 9.41 Å². The van der Waals surface area contributed by atoms with Crippen LogP contribution >= 0.6 is 0 Å². The number of carbonyl (C=O) groups excluding carboxylic acids is 1. The molecule has 3 rings (SSSR count). The van der Waals surface area contributed by atoms with Crippen LogP contribution in [0.2, 0.25) is 0 Å². The van der Waals surface area contributed by atoms with Crippen LogP contribution in [0.25, 0.3) is 0 Å². The first-order valence-electron chi connectivity index (χ1n) is 9.09. The van der Waals surface area contributed by atoms with E-state index < -0.39 is 10.0 Å². The second-order valence-corrected chi connectivity index (χ2v) is 8.30. The zero-order valence-corrected chi connectivity index (χ0v) is 16.3. The van der Waals surface area contributed by atoms with Crippen molar-refractivity contribution in [1.29, 1.82) is 0 Å². The van der Waals surface area contributed by atoms with Gasteiger partial charge < -0.3 is 4.74 Å². The first kappa shape index (κ1) is 20.2. The van der Waals surface area contributed by atoms with Gasteiger partial charge in [0.05, 0.1) is 24.3 Å². The minimum atomic E-state index is -3.49. The van der Waals surface area contributed by atoms with E-state index in [-0.39, 0.29) is 17.2 Å². The van der Waals surface area contributed by atoms with Crippen molar-refractivity contribution in [2.24, 2.45) is 5.10 Å². The molecule has 1 saturated heterocycles. The molecule has 1 fully saturated rings. The summed E-state index contributed by atoms with van der Waals surface area (Å²) in [6, 6.07) is 16.1. The standard InChI is InChI=1S/C20H23N3O4S/c24-20(22-21-16-18-4-2-1-3-5-18)11-8-17-6-9-19(10-7-17)28(25,26)23-12-14-27-15-13-23/h1-7,9-10,16H,8,11-15H2,(H,22,24)/b21-16+. The molecule has 0 bridgehead atoms. The zero-order chi connectivity index (χ0) is 19.8. The van der Waals surface area contributed by atoms with E-state index >= 15 is 0 Å². The normalized spacial score (nSPS) is 15.6. The second kappa shape index (κ2) is 9.59. The summed E-state index contributed by atoms with van der Waals surface area (Å²) in [5.74, 6) is -0.197. The Morgan fingerprint density at radius 2 is 1.75 bits per heavy atom. The maximum absolute atomic E-state index is 12.6. The minimum Gasteiger partial charge on any atom is -0.379 e. The van der Waals surface area contributed by atoms with E-state index in [9.17, 15) is 13.2 Å². The van der Waals surface area contributed by atoms with Gasteiger partial charge in [-0.05, 0) is 29.7 Å². The van der Waals surface area contributed by atoms with Crippen molar-refractivity contribution in [1.82, 2.24) is 9.73 Å². The molecule has 2 aromatic rings. The fraction of sp³-hybridized carbons (Fsp3) is 0.300. The maximum Gasteiger partial charge on any atom is 0.243 e. The largest absolute Gasteiger partial charge is 0.379 e. The van der Waals surface area contributed by atoms with Crippen LogP contribution in [0.4, 0.5) is 0 Å². The maximum atomic E-state index is 12.6. The average Bonchev–Trinajstić information content (AvgIpc) is 2.74. The van der Waals surface area contributed by atoms with Gasteiger partial charge >= 0.3 is 0 Å². The molecule has 0 unspecified atom stereocenters. The molecule has 0 radical (unpaired) electrons. The lowest BCUT2D eigenvalue weighted by molar-refractivity contribution is -0.121. The number of rotatable bonds is 7. The summed E-state index contributed by atoms with van der Waals surface area (Å²) in [5.41, 5.74) is 4.29. The third-order valence-electron chi connectivity index (χ3n) is 4.37. The molecule has 148 valence electrons. The minimum absolute atomic E-state index is 0.197. The Labute approximate surface area is 165 Å². The van der Waals surface area contributed by atoms with Gasteiger partial charge in [0, 0.05) is 19.5 Å². The molecule has 1 heterocycles. The average molecular weight is 401 g/mol. The Kier molecular flexibility index (Phi) is 6.91. The van der Waals surface area contributed by atoms with E-state index in [0.717, 1.165) is 11.1 Å². The van der Waals surface area contributed by atoms with Gasteiger partial charge in [-0.1, -0.05) is 42.5 Å². The van der Waals surface area contributed by atoms with Crippen molar-refractivity contribution < 1.29 is 17.9 Å². The van der Waals surface area contributed by atoms with Gasteiger partial charge in [0.2, 0.25) is 15.9 Å². The summed E-state index contributed by atoms with van der Waals surface area (Å²) in [4.78, 5) is 12.2. The topological polar surface area (TPSA) is 88.1 Å². The van der Waals surface area contributed by atoms with Gasteiger partial charge in [-0.15, -0.1) is 0 Å². The van der Waals surface area contributed by atoms with E-state index in [1.54, 1.807) is 30.5 Å². The molecule has 1 amide bonds. The molecular formula is C20H23N3O4S. The second-order valence-electron chi connectivity index (χ2n) is 6.36. The highest BCUT2D eigenvalue weighted by molar-refractivity contribution is 7.89. The summed E-state index contributed by atoms with van der Waals surface area (Å²) in [6.45, 7) is 1.57. The quantitative estimate of drug-likeness (QED) is 0.566. The number of ether oxygens (including phenoxy) is 1. The third kappa shape index (κ3) is 5.48. The number of sulfonamides is 1. The molecule has 0 aliphatic carbocycles. The van der Waals surface area contributed by atoms with E-state index in [2.05, 4.69) is 10.5 Å². The highest BCUT2D eigenvalue weighted by Crippen LogP contribution is 2.18. The number of aryl methyl sites for hydroxylation is 1. The molecule has 7 nitrogen and oxygen atoms in total. The molecule has 1 N–H and O–H groups in total. The van der Waals surface area contributed by atoms with Crippen molar-refractivity contribution in [2.75, 3.05) is 26.3 Å². The predicted octanol–water partition coefficient (Wildman–Crippen LogP) is 1.79. The lowest BCUT2D eigenvalue weighted by Crippen LogP contribution is -2.40. The van der Waals surface area contributed by atoms with Crippen LogP contribution in [0.1, 0.15) is 17.5 Å². The Morgan fingerprint density at radius 3 is 2.43 bits per heavy atom. The van der Waals surface area contributed by atoms with Gasteiger partial charge in [0.15, 0.2) is 0 Å². The summed E-state index contributed by atoms with van der Waals surface area (Å²) < 4.78 is 31.8. The van der Waals surface area contributed by atoms with E-state index in [1.165, 1.54) is 4.31 Å².